The molecule has 0 aliphatic carbocycles. The summed E-state index contributed by atoms with van der Waals surface area (Å²) in [5.74, 6) is 0. The fourth-order valence-electron chi connectivity index (χ4n) is 2.52. The van der Waals surface area contributed by atoms with Crippen molar-refractivity contribution >= 4 is 0 Å². The van der Waals surface area contributed by atoms with Gasteiger partial charge in [0.1, 0.15) is 0 Å². The topological polar surface area (TPSA) is 54.0 Å². The van der Waals surface area contributed by atoms with Crippen molar-refractivity contribution in [3.05, 3.63) is 0 Å². The molecule has 4 atom stereocenters. The van der Waals surface area contributed by atoms with Gasteiger partial charge in [-0.05, 0) is 0 Å². The van der Waals surface area contributed by atoms with Gasteiger partial charge in [-0.3, -0.25) is 4.90 Å². The molecule has 2 aliphatic rings. The fraction of sp³-hybridized carbons (Fsp3) is 1.00. The lowest BCUT2D eigenvalue weighted by Crippen LogP contribution is -2.42. The molecule has 0 aromatic heterocycles. The Morgan fingerprint density at radius 3 is 2.13 bits per heavy atom. The van der Waals surface area contributed by atoms with Crippen molar-refractivity contribution in [1.82, 2.24) is 10.2 Å². The minimum Gasteiger partial charge on any atom is -0.390 e. The Labute approximate surface area is 90.3 Å². The molecular formula is C10H20N2O3. The van der Waals surface area contributed by atoms with E-state index in [2.05, 4.69) is 10.2 Å². The van der Waals surface area contributed by atoms with E-state index in [9.17, 15) is 5.11 Å². The quantitative estimate of drug-likeness (QED) is 0.612. The Morgan fingerprint density at radius 1 is 1.13 bits per heavy atom. The second-order valence-corrected chi connectivity index (χ2v) is 4.30. The molecule has 0 amide bonds. The van der Waals surface area contributed by atoms with E-state index in [-0.39, 0.29) is 24.4 Å². The maximum absolute atomic E-state index is 9.78. The highest BCUT2D eigenvalue weighted by atomic mass is 16.5. The number of hydrogen-bond acceptors (Lipinski definition) is 5. The van der Waals surface area contributed by atoms with Crippen LogP contribution >= 0.6 is 0 Å². The highest BCUT2D eigenvalue weighted by Crippen LogP contribution is 2.20. The average molecular weight is 216 g/mol. The van der Waals surface area contributed by atoms with E-state index in [1.54, 1.807) is 14.2 Å². The molecule has 0 aromatic carbocycles. The van der Waals surface area contributed by atoms with Crippen molar-refractivity contribution in [2.45, 2.75) is 24.4 Å². The average Bonchev–Trinajstić information content (AvgIpc) is 2.82. The smallest absolute Gasteiger partial charge is 0.0971 e. The molecule has 0 bridgehead atoms. The third-order valence-corrected chi connectivity index (χ3v) is 3.47. The van der Waals surface area contributed by atoms with E-state index in [0.29, 0.717) is 6.54 Å². The molecule has 2 fully saturated rings. The number of aliphatic hydroxyl groups excluding tert-OH is 1. The summed E-state index contributed by atoms with van der Waals surface area (Å²) in [6, 6.07) is 0.211. The molecule has 0 saturated carbocycles. The molecule has 15 heavy (non-hydrogen) atoms. The summed E-state index contributed by atoms with van der Waals surface area (Å²) in [6.45, 7) is 3.24. The molecule has 2 N–H and O–H groups in total. The van der Waals surface area contributed by atoms with Gasteiger partial charge in [0.15, 0.2) is 0 Å². The molecule has 4 unspecified atom stereocenters. The summed E-state index contributed by atoms with van der Waals surface area (Å²) < 4.78 is 10.7. The number of likely N-dealkylation sites (tertiary alicyclic amines) is 1. The second kappa shape index (κ2) is 4.76. The molecule has 2 aliphatic heterocycles. The van der Waals surface area contributed by atoms with Crippen molar-refractivity contribution in [2.24, 2.45) is 0 Å². The van der Waals surface area contributed by atoms with Gasteiger partial charge in [-0.15, -0.1) is 0 Å². The molecule has 2 rings (SSSR count). The maximum Gasteiger partial charge on any atom is 0.0971 e. The third-order valence-electron chi connectivity index (χ3n) is 3.47. The van der Waals surface area contributed by atoms with Crippen LogP contribution in [0.5, 0.6) is 0 Å². The molecule has 5 heteroatoms. The monoisotopic (exact) mass is 216 g/mol. The molecule has 5 nitrogen and oxygen atoms in total. The minimum atomic E-state index is -0.266. The number of nitrogens with one attached hydrogen (secondary N) is 1. The van der Waals surface area contributed by atoms with Crippen molar-refractivity contribution in [2.75, 3.05) is 40.4 Å². The minimum absolute atomic E-state index is 0.128. The number of ether oxygens (including phenoxy) is 2. The summed E-state index contributed by atoms with van der Waals surface area (Å²) in [6.07, 6.45) is -0.0105. The maximum atomic E-state index is 9.78. The van der Waals surface area contributed by atoms with E-state index < -0.39 is 0 Å². The molecule has 0 spiro atoms. The van der Waals surface area contributed by atoms with Crippen molar-refractivity contribution in [1.29, 1.82) is 0 Å². The first-order valence-electron chi connectivity index (χ1n) is 5.44. The first-order valence-corrected chi connectivity index (χ1v) is 5.44. The van der Waals surface area contributed by atoms with Crippen LogP contribution in [0.1, 0.15) is 0 Å². The standard InChI is InChI=1S/C10H20N2O3/c1-14-9-5-12(6-10(9)15-2)7-3-11-4-8(7)13/h7-11,13H,3-6H2,1-2H3. The van der Waals surface area contributed by atoms with Gasteiger partial charge in [-0.1, -0.05) is 0 Å². The fourth-order valence-corrected chi connectivity index (χ4v) is 2.52. The van der Waals surface area contributed by atoms with Gasteiger partial charge in [0, 0.05) is 46.4 Å². The SMILES string of the molecule is COC1CN(C2CNCC2O)CC1OC. The van der Waals surface area contributed by atoms with Crippen LogP contribution in [0.15, 0.2) is 0 Å². The number of nitrogens with zero attached hydrogens (tertiary/aromatic N) is 1. The highest BCUT2D eigenvalue weighted by molar-refractivity contribution is 4.95. The van der Waals surface area contributed by atoms with E-state index in [1.807, 2.05) is 0 Å². The Balaban J connectivity index is 1.95. The third kappa shape index (κ3) is 2.16. The van der Waals surface area contributed by atoms with Crippen molar-refractivity contribution in [3.8, 4) is 0 Å². The second-order valence-electron chi connectivity index (χ2n) is 4.30. The molecular weight excluding hydrogens is 196 g/mol. The summed E-state index contributed by atoms with van der Waals surface area (Å²) in [5, 5.41) is 13.0. The van der Waals surface area contributed by atoms with Crippen LogP contribution in [0.25, 0.3) is 0 Å². The van der Waals surface area contributed by atoms with Crippen LogP contribution in [0.3, 0.4) is 0 Å². The van der Waals surface area contributed by atoms with Crippen LogP contribution in [-0.2, 0) is 9.47 Å². The Bertz CT molecular complexity index is 203. The van der Waals surface area contributed by atoms with Crippen LogP contribution < -0.4 is 5.32 Å². The van der Waals surface area contributed by atoms with E-state index in [4.69, 9.17) is 9.47 Å². The zero-order valence-corrected chi connectivity index (χ0v) is 9.35. The molecule has 88 valence electrons. The lowest BCUT2D eigenvalue weighted by atomic mass is 10.2. The molecule has 2 saturated heterocycles. The van der Waals surface area contributed by atoms with Gasteiger partial charge >= 0.3 is 0 Å². The van der Waals surface area contributed by atoms with E-state index in [0.717, 1.165) is 19.6 Å². The van der Waals surface area contributed by atoms with Gasteiger partial charge in [-0.25, -0.2) is 0 Å². The number of methoxy groups -OCH3 is 2. The first kappa shape index (κ1) is 11.3. The summed E-state index contributed by atoms with van der Waals surface area (Å²) >= 11 is 0. The number of rotatable bonds is 3. The Hall–Kier alpha value is -0.200. The normalized spacial score (nSPS) is 42.6. The highest BCUT2D eigenvalue weighted by Gasteiger charge is 2.40. The molecule has 0 radical (unpaired) electrons. The van der Waals surface area contributed by atoms with Gasteiger partial charge in [0.25, 0.3) is 0 Å². The van der Waals surface area contributed by atoms with Crippen molar-refractivity contribution in [3.63, 3.8) is 0 Å². The van der Waals surface area contributed by atoms with Gasteiger partial charge in [-0.2, -0.15) is 0 Å². The molecule has 0 aromatic rings. The van der Waals surface area contributed by atoms with Gasteiger partial charge in [0.05, 0.1) is 18.3 Å². The van der Waals surface area contributed by atoms with Crippen LogP contribution in [0.2, 0.25) is 0 Å². The van der Waals surface area contributed by atoms with Crippen LogP contribution in [0, 0.1) is 0 Å². The Kier molecular flexibility index (Phi) is 3.58. The van der Waals surface area contributed by atoms with E-state index in [1.165, 1.54) is 0 Å². The zero-order valence-electron chi connectivity index (χ0n) is 9.35. The van der Waals surface area contributed by atoms with Gasteiger partial charge < -0.3 is 19.9 Å². The zero-order chi connectivity index (χ0) is 10.8. The largest absolute Gasteiger partial charge is 0.390 e. The lowest BCUT2D eigenvalue weighted by Gasteiger charge is -2.25. The van der Waals surface area contributed by atoms with Crippen LogP contribution in [0.4, 0.5) is 0 Å². The number of hydrogen-bond donors (Lipinski definition) is 2. The predicted octanol–water partition coefficient (Wildman–Crippen LogP) is -1.34. The van der Waals surface area contributed by atoms with Crippen LogP contribution in [-0.4, -0.2) is 74.8 Å². The first-order chi connectivity index (χ1) is 7.26. The summed E-state index contributed by atoms with van der Waals surface area (Å²) in [4.78, 5) is 2.26. The summed E-state index contributed by atoms with van der Waals surface area (Å²) in [7, 11) is 3.42. The Morgan fingerprint density at radius 2 is 1.73 bits per heavy atom. The number of aliphatic hydroxyl groups is 1. The molecule has 2 heterocycles. The van der Waals surface area contributed by atoms with Crippen molar-refractivity contribution < 1.29 is 14.6 Å². The van der Waals surface area contributed by atoms with E-state index >= 15 is 0 Å². The lowest BCUT2D eigenvalue weighted by molar-refractivity contribution is -0.00461. The number of β-amino-alcohol motifs (C(OH)–C–C–N with tert-alkyl or cyclic N) is 1. The summed E-state index contributed by atoms with van der Waals surface area (Å²) in [5.41, 5.74) is 0. The van der Waals surface area contributed by atoms with Gasteiger partial charge in [0.2, 0.25) is 0 Å². The predicted molar refractivity (Wildman–Crippen MR) is 55.8 cm³/mol.